The van der Waals surface area contributed by atoms with Gasteiger partial charge < -0.3 is 14.3 Å². The highest BCUT2D eigenvalue weighted by molar-refractivity contribution is 5.84. The molecule has 2 heterocycles. The van der Waals surface area contributed by atoms with Gasteiger partial charge in [-0.1, -0.05) is 42.4 Å². The molecule has 1 aliphatic rings. The van der Waals surface area contributed by atoms with Gasteiger partial charge in [-0.15, -0.1) is 0 Å². The molecule has 0 radical (unpaired) electrons. The summed E-state index contributed by atoms with van der Waals surface area (Å²) in [4.78, 5) is 28.8. The standard InChI is InChI=1S/C21H27N3O3/c1-4-19(25)24-12-8-11-21(15-24,20(26)23(2)3)14-17-13-18(22-27-17)16-9-6-5-7-10-16/h5-7,9-10,13H,4,8,11-12,14-15H2,1-3H3. The maximum atomic E-state index is 13.1. The number of piperidine rings is 1. The normalized spacial score (nSPS) is 19.7. The minimum Gasteiger partial charge on any atom is -0.361 e. The predicted molar refractivity (Wildman–Crippen MR) is 103 cm³/mol. The molecule has 0 spiro atoms. The van der Waals surface area contributed by atoms with Gasteiger partial charge in [0.1, 0.15) is 11.5 Å². The molecule has 0 N–H and O–H groups in total. The van der Waals surface area contributed by atoms with Crippen molar-refractivity contribution in [3.63, 3.8) is 0 Å². The van der Waals surface area contributed by atoms with E-state index in [9.17, 15) is 9.59 Å². The summed E-state index contributed by atoms with van der Waals surface area (Å²) < 4.78 is 5.57. The smallest absolute Gasteiger partial charge is 0.230 e. The molecule has 1 fully saturated rings. The van der Waals surface area contributed by atoms with Crippen LogP contribution in [-0.2, 0) is 16.0 Å². The van der Waals surface area contributed by atoms with Gasteiger partial charge in [0.25, 0.3) is 0 Å². The molecule has 2 aromatic rings. The van der Waals surface area contributed by atoms with Gasteiger partial charge in [0.15, 0.2) is 0 Å². The number of aromatic nitrogens is 1. The summed E-state index contributed by atoms with van der Waals surface area (Å²) >= 11 is 0. The second-order valence-corrected chi connectivity index (χ2v) is 7.47. The van der Waals surface area contributed by atoms with Gasteiger partial charge in [-0.3, -0.25) is 9.59 Å². The molecule has 6 heteroatoms. The number of rotatable bonds is 5. The number of hydrogen-bond donors (Lipinski definition) is 0. The predicted octanol–water partition coefficient (Wildman–Crippen LogP) is 2.99. The molecule has 27 heavy (non-hydrogen) atoms. The summed E-state index contributed by atoms with van der Waals surface area (Å²) in [7, 11) is 3.53. The topological polar surface area (TPSA) is 66.7 Å². The van der Waals surface area contributed by atoms with Crippen molar-refractivity contribution in [2.45, 2.75) is 32.6 Å². The monoisotopic (exact) mass is 369 g/mol. The Bertz CT molecular complexity index is 800. The maximum absolute atomic E-state index is 13.1. The molecule has 3 rings (SSSR count). The van der Waals surface area contributed by atoms with E-state index < -0.39 is 5.41 Å². The molecule has 6 nitrogen and oxygen atoms in total. The van der Waals surface area contributed by atoms with Crippen LogP contribution < -0.4 is 0 Å². The molecule has 1 unspecified atom stereocenters. The number of carbonyl (C=O) groups is 2. The van der Waals surface area contributed by atoms with E-state index in [1.165, 1.54) is 0 Å². The van der Waals surface area contributed by atoms with Crippen molar-refractivity contribution in [3.05, 3.63) is 42.2 Å². The summed E-state index contributed by atoms with van der Waals surface area (Å²) in [5.74, 6) is 0.803. The lowest BCUT2D eigenvalue weighted by Gasteiger charge is -2.42. The summed E-state index contributed by atoms with van der Waals surface area (Å²) in [5.41, 5.74) is 1.07. The van der Waals surface area contributed by atoms with Crippen molar-refractivity contribution in [1.82, 2.24) is 15.0 Å². The first-order valence-corrected chi connectivity index (χ1v) is 9.46. The second-order valence-electron chi connectivity index (χ2n) is 7.47. The number of nitrogens with zero attached hydrogens (tertiary/aromatic N) is 3. The first-order chi connectivity index (χ1) is 12.9. The van der Waals surface area contributed by atoms with Crippen LogP contribution in [0.25, 0.3) is 11.3 Å². The minimum absolute atomic E-state index is 0.0359. The van der Waals surface area contributed by atoms with E-state index in [2.05, 4.69) is 5.16 Å². The van der Waals surface area contributed by atoms with E-state index in [0.717, 1.165) is 24.1 Å². The zero-order valence-electron chi connectivity index (χ0n) is 16.3. The zero-order valence-corrected chi connectivity index (χ0v) is 16.3. The Morgan fingerprint density at radius 2 is 2.00 bits per heavy atom. The summed E-state index contributed by atoms with van der Waals surface area (Å²) in [6.45, 7) is 2.99. The molecule has 2 amide bonds. The van der Waals surface area contributed by atoms with Crippen molar-refractivity contribution < 1.29 is 14.1 Å². The molecule has 1 atom stereocenters. The van der Waals surface area contributed by atoms with Crippen LogP contribution in [0, 0.1) is 5.41 Å². The SMILES string of the molecule is CCC(=O)N1CCCC(Cc2cc(-c3ccccc3)no2)(C(=O)N(C)C)C1. The van der Waals surface area contributed by atoms with Gasteiger partial charge in [-0.05, 0) is 12.8 Å². The Labute approximate surface area is 160 Å². The van der Waals surface area contributed by atoms with Gasteiger partial charge >= 0.3 is 0 Å². The molecule has 144 valence electrons. The van der Waals surface area contributed by atoms with Crippen molar-refractivity contribution in [1.29, 1.82) is 0 Å². The number of likely N-dealkylation sites (tertiary alicyclic amines) is 1. The Morgan fingerprint density at radius 1 is 1.26 bits per heavy atom. The van der Waals surface area contributed by atoms with Crippen LogP contribution in [0.15, 0.2) is 40.9 Å². The van der Waals surface area contributed by atoms with E-state index in [4.69, 9.17) is 4.52 Å². The molecule has 1 aliphatic heterocycles. The lowest BCUT2D eigenvalue weighted by atomic mass is 9.75. The molecular weight excluding hydrogens is 342 g/mol. The van der Waals surface area contributed by atoms with Crippen molar-refractivity contribution in [3.8, 4) is 11.3 Å². The lowest BCUT2D eigenvalue weighted by Crippen LogP contribution is -2.54. The average molecular weight is 369 g/mol. The van der Waals surface area contributed by atoms with Crippen molar-refractivity contribution in [2.24, 2.45) is 5.41 Å². The number of amides is 2. The Kier molecular flexibility index (Phi) is 5.63. The molecule has 0 bridgehead atoms. The maximum Gasteiger partial charge on any atom is 0.230 e. The lowest BCUT2D eigenvalue weighted by molar-refractivity contribution is -0.147. The summed E-state index contributed by atoms with van der Waals surface area (Å²) in [5, 5.41) is 4.18. The third kappa shape index (κ3) is 4.04. The van der Waals surface area contributed by atoms with Crippen LogP contribution in [0.3, 0.4) is 0 Å². The highest BCUT2D eigenvalue weighted by Crippen LogP contribution is 2.36. The van der Waals surface area contributed by atoms with Crippen molar-refractivity contribution >= 4 is 11.8 Å². The highest BCUT2D eigenvalue weighted by Gasteiger charge is 2.45. The van der Waals surface area contributed by atoms with E-state index in [1.54, 1.807) is 19.0 Å². The summed E-state index contributed by atoms with van der Waals surface area (Å²) in [6.07, 6.45) is 2.44. The fourth-order valence-corrected chi connectivity index (χ4v) is 3.91. The Morgan fingerprint density at radius 3 is 2.67 bits per heavy atom. The Balaban J connectivity index is 1.87. The van der Waals surface area contributed by atoms with Crippen LogP contribution in [0.4, 0.5) is 0 Å². The Hall–Kier alpha value is -2.63. The molecule has 0 aliphatic carbocycles. The average Bonchev–Trinajstić information content (AvgIpc) is 3.15. The van der Waals surface area contributed by atoms with Crippen LogP contribution >= 0.6 is 0 Å². The third-order valence-corrected chi connectivity index (χ3v) is 5.23. The molecule has 1 saturated heterocycles. The quantitative estimate of drug-likeness (QED) is 0.813. The fourth-order valence-electron chi connectivity index (χ4n) is 3.91. The van der Waals surface area contributed by atoms with E-state index >= 15 is 0 Å². The highest BCUT2D eigenvalue weighted by atomic mass is 16.5. The number of hydrogen-bond acceptors (Lipinski definition) is 4. The van der Waals surface area contributed by atoms with Crippen molar-refractivity contribution in [2.75, 3.05) is 27.2 Å². The van der Waals surface area contributed by atoms with Gasteiger partial charge in [0.2, 0.25) is 11.8 Å². The van der Waals surface area contributed by atoms with Gasteiger partial charge in [0, 0.05) is 51.7 Å². The van der Waals surface area contributed by atoms with Crippen LogP contribution in [-0.4, -0.2) is 54.0 Å². The van der Waals surface area contributed by atoms with Crippen LogP contribution in [0.1, 0.15) is 31.9 Å². The third-order valence-electron chi connectivity index (χ3n) is 5.23. The second kappa shape index (κ2) is 7.94. The molecule has 1 aromatic carbocycles. The molecule has 0 saturated carbocycles. The van der Waals surface area contributed by atoms with Crippen LogP contribution in [0.2, 0.25) is 0 Å². The summed E-state index contributed by atoms with van der Waals surface area (Å²) in [6, 6.07) is 11.7. The molecular formula is C21H27N3O3. The van der Waals surface area contributed by atoms with E-state index in [0.29, 0.717) is 31.7 Å². The number of carbonyl (C=O) groups excluding carboxylic acids is 2. The van der Waals surface area contributed by atoms with Gasteiger partial charge in [-0.25, -0.2) is 0 Å². The number of benzene rings is 1. The van der Waals surface area contributed by atoms with Gasteiger partial charge in [-0.2, -0.15) is 0 Å². The van der Waals surface area contributed by atoms with E-state index in [-0.39, 0.29) is 11.8 Å². The fraction of sp³-hybridized carbons (Fsp3) is 0.476. The first kappa shape index (κ1) is 19.1. The zero-order chi connectivity index (χ0) is 19.4. The first-order valence-electron chi connectivity index (χ1n) is 9.46. The molecule has 1 aromatic heterocycles. The largest absolute Gasteiger partial charge is 0.361 e. The van der Waals surface area contributed by atoms with E-state index in [1.807, 2.05) is 48.2 Å². The minimum atomic E-state index is -0.667. The van der Waals surface area contributed by atoms with Gasteiger partial charge in [0.05, 0.1) is 5.41 Å². The van der Waals surface area contributed by atoms with Crippen LogP contribution in [0.5, 0.6) is 0 Å².